The van der Waals surface area contributed by atoms with Crippen molar-refractivity contribution in [3.63, 3.8) is 0 Å². The maximum absolute atomic E-state index is 13.9. The number of nitrogens with one attached hydrogen (secondary N) is 1. The highest BCUT2D eigenvalue weighted by Gasteiger charge is 2.24. The zero-order valence-electron chi connectivity index (χ0n) is 16.1. The van der Waals surface area contributed by atoms with Crippen molar-refractivity contribution in [1.29, 1.82) is 5.26 Å². The second kappa shape index (κ2) is 8.16. The van der Waals surface area contributed by atoms with E-state index in [1.54, 1.807) is 32.2 Å². The smallest absolute Gasteiger partial charge is 0.271 e. The second-order valence-electron chi connectivity index (χ2n) is 6.55. The summed E-state index contributed by atoms with van der Waals surface area (Å²) in [5.41, 5.74) is 6.11. The van der Waals surface area contributed by atoms with Crippen molar-refractivity contribution in [2.75, 3.05) is 0 Å². The lowest BCUT2D eigenvalue weighted by atomic mass is 10.2. The predicted molar refractivity (Wildman–Crippen MR) is 101 cm³/mol. The molecule has 0 fully saturated rings. The topological polar surface area (TPSA) is 123 Å². The number of ether oxygens (including phenoxy) is 1. The van der Waals surface area contributed by atoms with Gasteiger partial charge in [0.25, 0.3) is 11.8 Å². The average Bonchev–Trinajstić information content (AvgIpc) is 3.01. The largest absolute Gasteiger partial charge is 0.485 e. The number of nitrogens with two attached hydrogens (primary N) is 1. The fourth-order valence-electron chi connectivity index (χ4n) is 2.92. The fourth-order valence-corrected chi connectivity index (χ4v) is 2.92. The molecular formula is C20H17F2N5O3. The van der Waals surface area contributed by atoms with Crippen LogP contribution < -0.4 is 15.8 Å². The standard InChI is InChI=1S/C20H17F2N5O3/c1-10-6-16(30-9-12-13(21)4-3-5-14(12)22)19-25-11(2)17(27(19)8-10)20(29)26-15(7-23)18(24)28/h3-6,8,15H,9H2,1-2H3,(H2,24,28)(H,26,29). The van der Waals surface area contributed by atoms with E-state index in [9.17, 15) is 18.4 Å². The van der Waals surface area contributed by atoms with Gasteiger partial charge in [-0.1, -0.05) is 6.07 Å². The molecule has 8 nitrogen and oxygen atoms in total. The van der Waals surface area contributed by atoms with Gasteiger partial charge in [0.15, 0.2) is 17.4 Å². The second-order valence-corrected chi connectivity index (χ2v) is 6.55. The summed E-state index contributed by atoms with van der Waals surface area (Å²) < 4.78 is 34.8. The highest BCUT2D eigenvalue weighted by Crippen LogP contribution is 2.26. The van der Waals surface area contributed by atoms with E-state index in [1.165, 1.54) is 10.5 Å². The van der Waals surface area contributed by atoms with Gasteiger partial charge in [-0.25, -0.2) is 13.8 Å². The fraction of sp³-hybridized carbons (Fsp3) is 0.200. The Morgan fingerprint density at radius 1 is 1.33 bits per heavy atom. The van der Waals surface area contributed by atoms with Crippen LogP contribution in [-0.2, 0) is 11.4 Å². The van der Waals surface area contributed by atoms with Crippen molar-refractivity contribution in [2.45, 2.75) is 26.5 Å². The predicted octanol–water partition coefficient (Wildman–Crippen LogP) is 1.92. The van der Waals surface area contributed by atoms with Crippen molar-refractivity contribution >= 4 is 17.5 Å². The van der Waals surface area contributed by atoms with Crippen molar-refractivity contribution in [3.8, 4) is 11.8 Å². The zero-order valence-corrected chi connectivity index (χ0v) is 16.1. The third-order valence-electron chi connectivity index (χ3n) is 4.34. The molecule has 10 heteroatoms. The molecule has 2 heterocycles. The van der Waals surface area contributed by atoms with Gasteiger partial charge in [0.05, 0.1) is 17.3 Å². The van der Waals surface area contributed by atoms with Gasteiger partial charge in [-0.2, -0.15) is 5.26 Å². The highest BCUT2D eigenvalue weighted by molar-refractivity contribution is 5.98. The Balaban J connectivity index is 1.99. The number of carbonyl (C=O) groups is 2. The Morgan fingerprint density at radius 3 is 2.60 bits per heavy atom. The van der Waals surface area contributed by atoms with Crippen LogP contribution in [0.4, 0.5) is 8.78 Å². The number of pyridine rings is 1. The Kier molecular flexibility index (Phi) is 5.64. The first kappa shape index (κ1) is 20.7. The van der Waals surface area contributed by atoms with Gasteiger partial charge in [0, 0.05) is 6.20 Å². The number of hydrogen-bond donors (Lipinski definition) is 2. The number of imidazole rings is 1. The Bertz CT molecular complexity index is 1180. The summed E-state index contributed by atoms with van der Waals surface area (Å²) in [6, 6.07) is 5.21. The summed E-state index contributed by atoms with van der Waals surface area (Å²) in [5.74, 6) is -3.02. The number of hydrogen-bond acceptors (Lipinski definition) is 5. The number of amides is 2. The van der Waals surface area contributed by atoms with Crippen molar-refractivity contribution in [2.24, 2.45) is 5.73 Å². The number of aromatic nitrogens is 2. The van der Waals surface area contributed by atoms with Crippen LogP contribution in [0.2, 0.25) is 0 Å². The van der Waals surface area contributed by atoms with Crippen LogP contribution in [-0.4, -0.2) is 27.2 Å². The molecule has 3 rings (SSSR count). The molecule has 154 valence electrons. The number of aryl methyl sites for hydroxylation is 2. The van der Waals surface area contributed by atoms with Gasteiger partial charge < -0.3 is 15.8 Å². The minimum Gasteiger partial charge on any atom is -0.485 e. The lowest BCUT2D eigenvalue weighted by Crippen LogP contribution is -2.43. The van der Waals surface area contributed by atoms with E-state index in [-0.39, 0.29) is 29.3 Å². The lowest BCUT2D eigenvalue weighted by molar-refractivity contribution is -0.118. The summed E-state index contributed by atoms with van der Waals surface area (Å²) in [7, 11) is 0. The maximum Gasteiger partial charge on any atom is 0.271 e. The van der Waals surface area contributed by atoms with Gasteiger partial charge in [-0.15, -0.1) is 0 Å². The van der Waals surface area contributed by atoms with Crippen molar-refractivity contribution in [1.82, 2.24) is 14.7 Å². The quantitative estimate of drug-likeness (QED) is 0.639. The van der Waals surface area contributed by atoms with Gasteiger partial charge in [0.1, 0.15) is 23.9 Å². The molecule has 1 atom stereocenters. The molecule has 0 saturated carbocycles. The van der Waals surface area contributed by atoms with Crippen LogP contribution in [0.15, 0.2) is 30.5 Å². The van der Waals surface area contributed by atoms with E-state index in [4.69, 9.17) is 15.7 Å². The SMILES string of the molecule is Cc1cc(OCc2c(F)cccc2F)c2nc(C)c(C(=O)NC(C#N)C(N)=O)n2c1. The van der Waals surface area contributed by atoms with Crippen LogP contribution in [0.5, 0.6) is 5.75 Å². The number of nitrogens with zero attached hydrogens (tertiary/aromatic N) is 3. The summed E-state index contributed by atoms with van der Waals surface area (Å²) in [6.45, 7) is 2.90. The molecule has 0 aliphatic heterocycles. The summed E-state index contributed by atoms with van der Waals surface area (Å²) >= 11 is 0. The lowest BCUT2D eigenvalue weighted by Gasteiger charge is -2.12. The third kappa shape index (κ3) is 3.91. The molecule has 0 saturated heterocycles. The molecule has 1 aromatic carbocycles. The number of halogens is 2. The number of carbonyl (C=O) groups excluding carboxylic acids is 2. The number of fused-ring (bicyclic) bond motifs is 1. The third-order valence-corrected chi connectivity index (χ3v) is 4.34. The summed E-state index contributed by atoms with van der Waals surface area (Å²) in [5, 5.41) is 11.2. The number of rotatable bonds is 6. The number of benzene rings is 1. The molecule has 2 aromatic heterocycles. The van der Waals surface area contributed by atoms with E-state index in [0.717, 1.165) is 12.1 Å². The van der Waals surface area contributed by atoms with E-state index >= 15 is 0 Å². The summed E-state index contributed by atoms with van der Waals surface area (Å²) in [4.78, 5) is 28.2. The number of nitriles is 1. The van der Waals surface area contributed by atoms with E-state index < -0.39 is 29.5 Å². The summed E-state index contributed by atoms with van der Waals surface area (Å²) in [6.07, 6.45) is 1.60. The molecule has 2 amide bonds. The van der Waals surface area contributed by atoms with Gasteiger partial charge >= 0.3 is 0 Å². The van der Waals surface area contributed by atoms with E-state index in [1.807, 2.05) is 0 Å². The van der Waals surface area contributed by atoms with Crippen LogP contribution in [0.25, 0.3) is 5.65 Å². The number of primary amides is 1. The van der Waals surface area contributed by atoms with Gasteiger partial charge in [-0.3, -0.25) is 14.0 Å². The molecule has 0 aliphatic carbocycles. The Labute approximate surface area is 169 Å². The molecule has 0 aliphatic rings. The zero-order chi connectivity index (χ0) is 22.0. The molecule has 3 N–H and O–H groups in total. The highest BCUT2D eigenvalue weighted by atomic mass is 19.1. The van der Waals surface area contributed by atoms with Crippen molar-refractivity contribution in [3.05, 3.63) is 64.6 Å². The molecule has 3 aromatic rings. The molecule has 0 spiro atoms. The molecular weight excluding hydrogens is 396 g/mol. The molecule has 0 radical (unpaired) electrons. The van der Waals surface area contributed by atoms with Gasteiger partial charge in [-0.05, 0) is 37.6 Å². The monoisotopic (exact) mass is 413 g/mol. The minimum absolute atomic E-state index is 0.0668. The minimum atomic E-state index is -1.51. The maximum atomic E-state index is 13.9. The van der Waals surface area contributed by atoms with Crippen molar-refractivity contribution < 1.29 is 23.1 Å². The first-order chi connectivity index (χ1) is 14.2. The molecule has 0 bridgehead atoms. The first-order valence-corrected chi connectivity index (χ1v) is 8.77. The van der Waals surface area contributed by atoms with Crippen LogP contribution in [0, 0.1) is 36.8 Å². The Morgan fingerprint density at radius 2 is 2.00 bits per heavy atom. The average molecular weight is 413 g/mol. The van der Waals surface area contributed by atoms with E-state index in [2.05, 4.69) is 10.3 Å². The normalized spacial score (nSPS) is 11.7. The Hall–Kier alpha value is -4.00. The van der Waals surface area contributed by atoms with Crippen LogP contribution in [0.1, 0.15) is 27.3 Å². The first-order valence-electron chi connectivity index (χ1n) is 8.77. The van der Waals surface area contributed by atoms with E-state index in [0.29, 0.717) is 11.3 Å². The van der Waals surface area contributed by atoms with Crippen LogP contribution in [0.3, 0.4) is 0 Å². The van der Waals surface area contributed by atoms with Crippen LogP contribution >= 0.6 is 0 Å². The van der Waals surface area contributed by atoms with Gasteiger partial charge in [0.2, 0.25) is 0 Å². The molecule has 1 unspecified atom stereocenters. The molecule has 30 heavy (non-hydrogen) atoms.